The monoisotopic (exact) mass is 306 g/mol. The van der Waals surface area contributed by atoms with Crippen molar-refractivity contribution in [3.05, 3.63) is 22.4 Å². The molecule has 0 aliphatic rings. The van der Waals surface area contributed by atoms with E-state index in [4.69, 9.17) is 5.11 Å². The van der Waals surface area contributed by atoms with Crippen molar-refractivity contribution in [2.24, 2.45) is 0 Å². The Kier molecular flexibility index (Phi) is 5.37. The van der Waals surface area contributed by atoms with Crippen molar-refractivity contribution < 1.29 is 9.90 Å². The van der Waals surface area contributed by atoms with E-state index in [0.717, 1.165) is 4.47 Å². The van der Waals surface area contributed by atoms with Crippen LogP contribution in [0, 0.1) is 0 Å². The molecular weight excluding hydrogens is 292 g/mol. The lowest BCUT2D eigenvalue weighted by molar-refractivity contribution is 0.0931. The highest BCUT2D eigenvalue weighted by Crippen LogP contribution is 2.13. The number of amides is 1. The van der Waals surface area contributed by atoms with Gasteiger partial charge in [0.1, 0.15) is 5.69 Å². The third-order valence-corrected chi connectivity index (χ3v) is 3.91. The Labute approximate surface area is 107 Å². The summed E-state index contributed by atoms with van der Waals surface area (Å²) in [5.41, 5.74) is 0.511. The zero-order valence-electron chi connectivity index (χ0n) is 9.16. The van der Waals surface area contributed by atoms with E-state index in [-0.39, 0.29) is 23.8 Å². The number of aliphatic hydroxyl groups is 1. The molecule has 4 nitrogen and oxygen atoms in total. The Morgan fingerprint density at radius 1 is 1.75 bits per heavy atom. The lowest BCUT2D eigenvalue weighted by atomic mass is 10.2. The van der Waals surface area contributed by atoms with Crippen LogP contribution >= 0.6 is 27.7 Å². The van der Waals surface area contributed by atoms with Crippen LogP contribution in [0.5, 0.6) is 0 Å². The largest absolute Gasteiger partial charge is 0.395 e. The first-order valence-electron chi connectivity index (χ1n) is 4.87. The summed E-state index contributed by atoms with van der Waals surface area (Å²) in [6.45, 7) is 1.93. The molecule has 1 heterocycles. The number of H-pyrrole nitrogens is 1. The van der Waals surface area contributed by atoms with Gasteiger partial charge in [-0.2, -0.15) is 11.8 Å². The van der Waals surface area contributed by atoms with Crippen LogP contribution in [0.15, 0.2) is 16.7 Å². The highest BCUT2D eigenvalue weighted by Gasteiger charge is 2.18. The van der Waals surface area contributed by atoms with E-state index < -0.39 is 0 Å². The second-order valence-electron chi connectivity index (χ2n) is 3.45. The van der Waals surface area contributed by atoms with Crippen molar-refractivity contribution >= 4 is 33.6 Å². The Morgan fingerprint density at radius 3 is 2.88 bits per heavy atom. The van der Waals surface area contributed by atoms with Crippen molar-refractivity contribution in [1.29, 1.82) is 0 Å². The van der Waals surface area contributed by atoms with Gasteiger partial charge in [0.15, 0.2) is 0 Å². The van der Waals surface area contributed by atoms with Crippen molar-refractivity contribution in [2.75, 3.05) is 12.9 Å². The maximum Gasteiger partial charge on any atom is 0.267 e. The lowest BCUT2D eigenvalue weighted by Gasteiger charge is -2.20. The van der Waals surface area contributed by atoms with Crippen molar-refractivity contribution in [3.8, 4) is 0 Å². The van der Waals surface area contributed by atoms with Crippen molar-refractivity contribution in [2.45, 2.75) is 18.2 Å². The molecule has 0 aromatic carbocycles. The van der Waals surface area contributed by atoms with Crippen LogP contribution in [-0.2, 0) is 0 Å². The third-order valence-electron chi connectivity index (χ3n) is 2.29. The third kappa shape index (κ3) is 3.54. The first-order chi connectivity index (χ1) is 7.58. The highest BCUT2D eigenvalue weighted by molar-refractivity contribution is 9.10. The molecular formula is C10H15BrN2O2S. The van der Waals surface area contributed by atoms with Gasteiger partial charge < -0.3 is 15.4 Å². The molecule has 0 spiro atoms. The van der Waals surface area contributed by atoms with Gasteiger partial charge in [-0.05, 0) is 35.2 Å². The fraction of sp³-hybridized carbons (Fsp3) is 0.500. The van der Waals surface area contributed by atoms with Crippen LogP contribution in [0.1, 0.15) is 17.4 Å². The number of hydrogen-bond acceptors (Lipinski definition) is 3. The number of carbonyl (C=O) groups excluding carboxylic acids is 1. The maximum absolute atomic E-state index is 11.8. The molecule has 1 aromatic heterocycles. The minimum absolute atomic E-state index is 0.0161. The molecule has 1 amide bonds. The van der Waals surface area contributed by atoms with Gasteiger partial charge in [-0.25, -0.2) is 0 Å². The highest BCUT2D eigenvalue weighted by atomic mass is 79.9. The SMILES string of the molecule is CS[C@H](CO)[C@H](C)NC(=O)c1cc(Br)c[nH]1. The number of hydrogen-bond donors (Lipinski definition) is 3. The summed E-state index contributed by atoms with van der Waals surface area (Å²) in [5.74, 6) is -0.161. The summed E-state index contributed by atoms with van der Waals surface area (Å²) in [7, 11) is 0. The lowest BCUT2D eigenvalue weighted by Crippen LogP contribution is -2.41. The van der Waals surface area contributed by atoms with E-state index >= 15 is 0 Å². The summed E-state index contributed by atoms with van der Waals surface area (Å²) in [5, 5.41) is 12.0. The number of carbonyl (C=O) groups is 1. The molecule has 90 valence electrons. The molecule has 6 heteroatoms. The second-order valence-corrected chi connectivity index (χ2v) is 5.44. The van der Waals surface area contributed by atoms with Crippen LogP contribution < -0.4 is 5.32 Å². The molecule has 0 aliphatic carbocycles. The Balaban J connectivity index is 2.57. The maximum atomic E-state index is 11.8. The van der Waals surface area contributed by atoms with Crippen molar-refractivity contribution in [1.82, 2.24) is 10.3 Å². The van der Waals surface area contributed by atoms with Crippen LogP contribution in [0.25, 0.3) is 0 Å². The van der Waals surface area contributed by atoms with Gasteiger partial charge >= 0.3 is 0 Å². The molecule has 2 atom stereocenters. The Morgan fingerprint density at radius 2 is 2.44 bits per heavy atom. The number of aliphatic hydroxyl groups excluding tert-OH is 1. The summed E-state index contributed by atoms with van der Waals surface area (Å²) < 4.78 is 0.842. The minimum atomic E-state index is -0.161. The first-order valence-corrected chi connectivity index (χ1v) is 6.95. The molecule has 1 rings (SSSR count). The molecule has 3 N–H and O–H groups in total. The zero-order valence-corrected chi connectivity index (χ0v) is 11.6. The molecule has 0 aliphatic heterocycles. The molecule has 16 heavy (non-hydrogen) atoms. The molecule has 0 saturated carbocycles. The molecule has 0 radical (unpaired) electrons. The number of nitrogens with one attached hydrogen (secondary N) is 2. The van der Waals surface area contributed by atoms with Gasteiger partial charge in [-0.3, -0.25) is 4.79 Å². The minimum Gasteiger partial charge on any atom is -0.395 e. The van der Waals surface area contributed by atoms with Crippen LogP contribution in [-0.4, -0.2) is 40.2 Å². The fourth-order valence-electron chi connectivity index (χ4n) is 1.31. The smallest absolute Gasteiger partial charge is 0.267 e. The normalized spacial score (nSPS) is 14.5. The van der Waals surface area contributed by atoms with Crippen LogP contribution in [0.2, 0.25) is 0 Å². The Hall–Kier alpha value is -0.460. The number of aromatic amines is 1. The van der Waals surface area contributed by atoms with Crippen LogP contribution in [0.3, 0.4) is 0 Å². The summed E-state index contributed by atoms with van der Waals surface area (Å²) in [6.07, 6.45) is 3.62. The van der Waals surface area contributed by atoms with Gasteiger partial charge in [0, 0.05) is 22.0 Å². The van der Waals surface area contributed by atoms with Gasteiger partial charge in [0.05, 0.1) is 6.61 Å². The van der Waals surface area contributed by atoms with E-state index in [1.807, 2.05) is 13.2 Å². The van der Waals surface area contributed by atoms with Gasteiger partial charge in [-0.15, -0.1) is 0 Å². The average molecular weight is 307 g/mol. The topological polar surface area (TPSA) is 65.1 Å². The predicted octanol–water partition coefficient (Wildman–Crippen LogP) is 1.62. The van der Waals surface area contributed by atoms with Gasteiger partial charge in [0.25, 0.3) is 5.91 Å². The molecule has 1 aromatic rings. The van der Waals surface area contributed by atoms with Gasteiger partial charge in [0.2, 0.25) is 0 Å². The number of rotatable bonds is 5. The number of aromatic nitrogens is 1. The zero-order chi connectivity index (χ0) is 12.1. The standard InChI is InChI=1S/C10H15BrN2O2S/c1-6(9(5-14)16-2)13-10(15)8-3-7(11)4-12-8/h3-4,6,9,12,14H,5H2,1-2H3,(H,13,15)/t6-,9+/m0/s1. The molecule has 0 unspecified atom stereocenters. The summed E-state index contributed by atoms with van der Waals surface area (Å²) in [4.78, 5) is 14.6. The quantitative estimate of drug-likeness (QED) is 0.774. The first kappa shape index (κ1) is 13.6. The molecule has 0 saturated heterocycles. The second kappa shape index (κ2) is 6.32. The molecule has 0 fully saturated rings. The van der Waals surface area contributed by atoms with E-state index in [1.165, 1.54) is 11.8 Å². The van der Waals surface area contributed by atoms with E-state index in [9.17, 15) is 4.79 Å². The van der Waals surface area contributed by atoms with Crippen molar-refractivity contribution in [3.63, 3.8) is 0 Å². The number of thioether (sulfide) groups is 1. The Bertz CT molecular complexity index is 352. The fourth-order valence-corrected chi connectivity index (χ4v) is 2.28. The van der Waals surface area contributed by atoms with E-state index in [1.54, 1.807) is 12.3 Å². The summed E-state index contributed by atoms with van der Waals surface area (Å²) in [6, 6.07) is 1.64. The van der Waals surface area contributed by atoms with E-state index in [0.29, 0.717) is 5.69 Å². The number of halogens is 1. The molecule has 0 bridgehead atoms. The van der Waals surface area contributed by atoms with Crippen LogP contribution in [0.4, 0.5) is 0 Å². The predicted molar refractivity (Wildman–Crippen MR) is 69.8 cm³/mol. The van der Waals surface area contributed by atoms with Gasteiger partial charge in [-0.1, -0.05) is 0 Å². The summed E-state index contributed by atoms with van der Waals surface area (Å²) >= 11 is 4.80. The van der Waals surface area contributed by atoms with E-state index in [2.05, 4.69) is 26.2 Å². The average Bonchev–Trinajstić information content (AvgIpc) is 2.66.